The molecule has 2 unspecified atom stereocenters. The quantitative estimate of drug-likeness (QED) is 0.400. The van der Waals surface area contributed by atoms with E-state index in [1.54, 1.807) is 6.92 Å². The van der Waals surface area contributed by atoms with Gasteiger partial charge in [0.2, 0.25) is 5.91 Å². The topological polar surface area (TPSA) is 83.9 Å². The minimum Gasteiger partial charge on any atom is -0.481 e. The van der Waals surface area contributed by atoms with Gasteiger partial charge in [-0.2, -0.15) is 0 Å². The van der Waals surface area contributed by atoms with E-state index >= 15 is 0 Å². The maximum atomic E-state index is 12.7. The molecule has 2 atom stereocenters. The van der Waals surface area contributed by atoms with Crippen molar-refractivity contribution in [2.75, 3.05) is 13.2 Å². The van der Waals surface area contributed by atoms with E-state index in [-0.39, 0.29) is 6.61 Å². The van der Waals surface area contributed by atoms with E-state index in [0.717, 1.165) is 32.1 Å². The van der Waals surface area contributed by atoms with Crippen LogP contribution in [0.15, 0.2) is 0 Å². The Morgan fingerprint density at radius 2 is 1.91 bits per heavy atom. The summed E-state index contributed by atoms with van der Waals surface area (Å²) in [6, 6.07) is -0.631. The van der Waals surface area contributed by atoms with Gasteiger partial charge in [0.15, 0.2) is 0 Å². The zero-order chi connectivity index (χ0) is 17.2. The number of ether oxygens (including phenoxy) is 1. The first-order valence-corrected chi connectivity index (χ1v) is 8.72. The van der Waals surface area contributed by atoms with Crippen LogP contribution in [0.5, 0.6) is 0 Å². The van der Waals surface area contributed by atoms with Crippen LogP contribution < -0.4 is 0 Å². The standard InChI is InChI=1S/C17H29NO5/c1-3-5-6-7-10-13(16(20)21)15(19)18-12-9-8-11-14(18)17(22)23-4-2/h13-14H,3-12H2,1-2H3,(H,20,21). The van der Waals surface area contributed by atoms with Crippen LogP contribution in [0.3, 0.4) is 0 Å². The van der Waals surface area contributed by atoms with Crippen LogP contribution >= 0.6 is 0 Å². The van der Waals surface area contributed by atoms with Gasteiger partial charge in [-0.15, -0.1) is 0 Å². The number of likely N-dealkylation sites (tertiary alicyclic amines) is 1. The van der Waals surface area contributed by atoms with E-state index in [9.17, 15) is 19.5 Å². The van der Waals surface area contributed by atoms with Crippen molar-refractivity contribution in [1.29, 1.82) is 0 Å². The van der Waals surface area contributed by atoms with Gasteiger partial charge >= 0.3 is 11.9 Å². The van der Waals surface area contributed by atoms with Crippen LogP contribution in [0.4, 0.5) is 0 Å². The summed E-state index contributed by atoms with van der Waals surface area (Å²) < 4.78 is 5.03. The van der Waals surface area contributed by atoms with Crippen molar-refractivity contribution in [2.24, 2.45) is 5.92 Å². The van der Waals surface area contributed by atoms with Gasteiger partial charge < -0.3 is 14.7 Å². The summed E-state index contributed by atoms with van der Waals surface area (Å²) in [5.41, 5.74) is 0. The Bertz CT molecular complexity index is 410. The molecule has 1 aliphatic rings. The molecular formula is C17H29NO5. The molecule has 1 rings (SSSR count). The van der Waals surface area contributed by atoms with E-state index in [0.29, 0.717) is 25.8 Å². The zero-order valence-electron chi connectivity index (χ0n) is 14.3. The van der Waals surface area contributed by atoms with Gasteiger partial charge in [0.05, 0.1) is 6.61 Å². The summed E-state index contributed by atoms with van der Waals surface area (Å²) in [7, 11) is 0. The van der Waals surface area contributed by atoms with Crippen LogP contribution in [0, 0.1) is 5.92 Å². The van der Waals surface area contributed by atoms with Gasteiger partial charge in [0.1, 0.15) is 12.0 Å². The maximum absolute atomic E-state index is 12.7. The lowest BCUT2D eigenvalue weighted by atomic mass is 9.95. The molecule has 1 fully saturated rings. The largest absolute Gasteiger partial charge is 0.481 e. The molecular weight excluding hydrogens is 298 g/mol. The molecule has 1 aliphatic heterocycles. The van der Waals surface area contributed by atoms with Crippen LogP contribution in [-0.4, -0.2) is 47.0 Å². The smallest absolute Gasteiger partial charge is 0.328 e. The number of piperidine rings is 1. The fourth-order valence-corrected chi connectivity index (χ4v) is 3.01. The number of carbonyl (C=O) groups is 3. The highest BCUT2D eigenvalue weighted by atomic mass is 16.5. The molecule has 0 aromatic heterocycles. The summed E-state index contributed by atoms with van der Waals surface area (Å²) in [5, 5.41) is 9.40. The molecule has 1 amide bonds. The molecule has 0 spiro atoms. The maximum Gasteiger partial charge on any atom is 0.328 e. The molecule has 0 saturated carbocycles. The van der Waals surface area contributed by atoms with Crippen molar-refractivity contribution in [3.05, 3.63) is 0 Å². The van der Waals surface area contributed by atoms with Gasteiger partial charge in [-0.1, -0.05) is 32.6 Å². The molecule has 0 aromatic rings. The second-order valence-electron chi connectivity index (χ2n) is 6.04. The Hall–Kier alpha value is -1.59. The third-order valence-electron chi connectivity index (χ3n) is 4.29. The third-order valence-corrected chi connectivity index (χ3v) is 4.29. The summed E-state index contributed by atoms with van der Waals surface area (Å²) >= 11 is 0. The van der Waals surface area contributed by atoms with Gasteiger partial charge in [0.25, 0.3) is 0 Å². The van der Waals surface area contributed by atoms with Gasteiger partial charge in [-0.25, -0.2) is 4.79 Å². The van der Waals surface area contributed by atoms with E-state index in [1.807, 2.05) is 0 Å². The highest BCUT2D eigenvalue weighted by Crippen LogP contribution is 2.23. The van der Waals surface area contributed by atoms with Gasteiger partial charge in [0, 0.05) is 6.54 Å². The Kier molecular flexibility index (Phi) is 8.66. The number of nitrogens with zero attached hydrogens (tertiary/aromatic N) is 1. The first-order valence-electron chi connectivity index (χ1n) is 8.72. The van der Waals surface area contributed by atoms with Crippen LogP contribution in [0.2, 0.25) is 0 Å². The van der Waals surface area contributed by atoms with E-state index in [2.05, 4.69) is 6.92 Å². The number of hydrogen-bond donors (Lipinski definition) is 1. The van der Waals surface area contributed by atoms with Crippen LogP contribution in [0.1, 0.15) is 65.2 Å². The molecule has 0 aromatic carbocycles. The number of rotatable bonds is 9. The number of hydrogen-bond acceptors (Lipinski definition) is 4. The average Bonchev–Trinajstić information content (AvgIpc) is 2.54. The van der Waals surface area contributed by atoms with E-state index in [4.69, 9.17) is 4.74 Å². The Morgan fingerprint density at radius 1 is 1.17 bits per heavy atom. The summed E-state index contributed by atoms with van der Waals surface area (Å²) in [5.74, 6) is -3.01. The van der Waals surface area contributed by atoms with Crippen molar-refractivity contribution in [2.45, 2.75) is 71.3 Å². The zero-order valence-corrected chi connectivity index (χ0v) is 14.3. The number of aliphatic carboxylic acids is 1. The number of carboxylic acids is 1. The predicted molar refractivity (Wildman–Crippen MR) is 85.9 cm³/mol. The molecule has 6 nitrogen and oxygen atoms in total. The highest BCUT2D eigenvalue weighted by molar-refractivity contribution is 5.98. The fraction of sp³-hybridized carbons (Fsp3) is 0.824. The molecule has 1 N–H and O–H groups in total. The van der Waals surface area contributed by atoms with Crippen LogP contribution in [0.25, 0.3) is 0 Å². The number of amides is 1. The molecule has 6 heteroatoms. The summed E-state index contributed by atoms with van der Waals surface area (Å²) in [6.07, 6.45) is 6.26. The number of carbonyl (C=O) groups excluding carboxylic acids is 2. The molecule has 132 valence electrons. The number of carboxylic acid groups (broad SMARTS) is 1. The number of esters is 1. The Morgan fingerprint density at radius 3 is 2.52 bits per heavy atom. The molecule has 1 saturated heterocycles. The molecule has 1 heterocycles. The van der Waals surface area contributed by atoms with Gasteiger partial charge in [-0.3, -0.25) is 9.59 Å². The van der Waals surface area contributed by atoms with Gasteiger partial charge in [-0.05, 0) is 32.6 Å². The highest BCUT2D eigenvalue weighted by Gasteiger charge is 2.38. The lowest BCUT2D eigenvalue weighted by molar-refractivity contribution is -0.162. The first kappa shape index (κ1) is 19.5. The lowest BCUT2D eigenvalue weighted by Crippen LogP contribution is -2.51. The third kappa shape index (κ3) is 5.84. The van der Waals surface area contributed by atoms with Crippen molar-refractivity contribution in [3.8, 4) is 0 Å². The van der Waals surface area contributed by atoms with E-state index in [1.165, 1.54) is 4.90 Å². The van der Waals surface area contributed by atoms with E-state index < -0.39 is 29.8 Å². The SMILES string of the molecule is CCCCCCC(C(=O)O)C(=O)N1CCCCC1C(=O)OCC. The molecule has 0 aliphatic carbocycles. The van der Waals surface area contributed by atoms with Crippen molar-refractivity contribution in [1.82, 2.24) is 4.90 Å². The lowest BCUT2D eigenvalue weighted by Gasteiger charge is -2.35. The molecule has 0 bridgehead atoms. The fourth-order valence-electron chi connectivity index (χ4n) is 3.01. The Balaban J connectivity index is 2.74. The monoisotopic (exact) mass is 327 g/mol. The predicted octanol–water partition coefficient (Wildman–Crippen LogP) is 2.60. The van der Waals surface area contributed by atoms with Crippen molar-refractivity contribution in [3.63, 3.8) is 0 Å². The minimum absolute atomic E-state index is 0.261. The summed E-state index contributed by atoms with van der Waals surface area (Å²) in [6.45, 7) is 4.50. The Labute approximate surface area is 138 Å². The molecule has 23 heavy (non-hydrogen) atoms. The normalized spacial score (nSPS) is 19.2. The first-order chi connectivity index (χ1) is 11.0. The second kappa shape index (κ2) is 10.2. The minimum atomic E-state index is -1.10. The summed E-state index contributed by atoms with van der Waals surface area (Å²) in [4.78, 5) is 37.6. The van der Waals surface area contributed by atoms with Crippen molar-refractivity contribution >= 4 is 17.8 Å². The number of unbranched alkanes of at least 4 members (excludes halogenated alkanes) is 3. The molecule has 0 radical (unpaired) electrons. The van der Waals surface area contributed by atoms with Crippen molar-refractivity contribution < 1.29 is 24.2 Å². The average molecular weight is 327 g/mol. The second-order valence-corrected chi connectivity index (χ2v) is 6.04. The van der Waals surface area contributed by atoms with Crippen LogP contribution in [-0.2, 0) is 19.1 Å².